The van der Waals surface area contributed by atoms with E-state index in [-0.39, 0.29) is 150 Å². The van der Waals surface area contributed by atoms with Gasteiger partial charge in [-0.3, -0.25) is 31.5 Å². The molecule has 0 spiro atoms. The molecule has 0 rings (SSSR count). The molecule has 0 amide bonds. The van der Waals surface area contributed by atoms with Gasteiger partial charge in [-0.05, 0) is 0 Å². The molecule has 2 radical (unpaired) electrons. The normalized spacial score (nSPS) is 1.07. The van der Waals surface area contributed by atoms with Gasteiger partial charge in [0.05, 0.1) is 0 Å². The second-order valence-corrected chi connectivity index (χ2v) is 0. The molecule has 0 aliphatic rings. The molecule has 0 aromatic heterocycles. The first kappa shape index (κ1) is 512. The van der Waals surface area contributed by atoms with Gasteiger partial charge in [0.25, 0.3) is 0 Å². The average Bonchev–Trinajstić information content (AvgIpc) is 2.33. The molecule has 28 heavy (non-hydrogen) atoms. The Kier molecular flexibility index (Phi) is 1540000. The zero-order chi connectivity index (χ0) is 12.0. The predicted molar refractivity (Wildman–Crippen MR) is 101 cm³/mol. The predicted octanol–water partition coefficient (Wildman–Crippen LogP) is 3.33. The van der Waals surface area contributed by atoms with Gasteiger partial charge in [-0.2, -0.15) is 0 Å². The van der Waals surface area contributed by atoms with Gasteiger partial charge in [0.2, 0.25) is 0 Å². The monoisotopic (exact) mass is 620 g/mol. The van der Waals surface area contributed by atoms with Crippen LogP contribution in [0.15, 0.2) is 0 Å². The van der Waals surface area contributed by atoms with Crippen molar-refractivity contribution in [2.45, 2.75) is 59.4 Å². The first-order valence-electron chi connectivity index (χ1n) is 1.10. The second kappa shape index (κ2) is 84300. The van der Waals surface area contributed by atoms with Gasteiger partial charge in [0.1, 0.15) is 0 Å². The molecule has 0 aliphatic carbocycles. The van der Waals surface area contributed by atoms with Crippen LogP contribution in [0.1, 0.15) is 59.4 Å². The van der Waals surface area contributed by atoms with Crippen molar-refractivity contribution in [3.8, 4) is 0 Å². The van der Waals surface area contributed by atoms with E-state index in [0.717, 1.165) is 0 Å². The molecular formula is C8H44Fe4O16+8. The van der Waals surface area contributed by atoms with E-state index in [4.69, 9.17) is 61.3 Å². The maximum Gasteiger partial charge on any atom is 3.00 e. The summed E-state index contributed by atoms with van der Waals surface area (Å²) in [6.45, 7) is 0. The molecule has 12 N–H and O–H groups in total. The van der Waals surface area contributed by atoms with E-state index in [0.29, 0.717) is 0 Å². The van der Waals surface area contributed by atoms with Gasteiger partial charge in [-0.1, -0.05) is 59.4 Å². The topological polar surface area (TPSA) is 347 Å². The molecule has 0 aromatic rings. The molecule has 0 saturated carbocycles. The van der Waals surface area contributed by atoms with E-state index in [1.54, 1.807) is 0 Å². The zero-order valence-corrected chi connectivity index (χ0v) is 12.9. The maximum absolute atomic E-state index is 7.00. The summed E-state index contributed by atoms with van der Waals surface area (Å²) in [5.74, 6) is 0. The molecule has 20 heteroatoms. The summed E-state index contributed by atoms with van der Waals surface area (Å²) in [6.07, 6.45) is 0. The minimum Gasteiger partial charge on any atom is -0.870 e. The van der Waals surface area contributed by atoms with Crippen LogP contribution in [-0.2, 0) is 68.3 Å². The summed E-state index contributed by atoms with van der Waals surface area (Å²) in [5.41, 5.74) is 0. The zero-order valence-electron chi connectivity index (χ0n) is 8.44. The molecular weight excluding hydrogens is 575 g/mol. The van der Waals surface area contributed by atoms with E-state index < -0.39 is 0 Å². The molecule has 0 bridgehead atoms. The Morgan fingerprint density at radius 1 is 0.321 bits per heavy atom. The van der Waals surface area contributed by atoms with Crippen LogP contribution in [0.5, 0.6) is 0 Å². The fraction of sp³-hybridized carbons (Fsp3) is 1.00. The van der Waals surface area contributed by atoms with Crippen LogP contribution >= 0.6 is 0 Å². The van der Waals surface area contributed by atoms with Crippen LogP contribution in [0, 0.1) is 29.8 Å². The first-order chi connectivity index (χ1) is 6.00. The van der Waals surface area contributed by atoms with Crippen LogP contribution in [0.3, 0.4) is 0 Å². The van der Waals surface area contributed by atoms with E-state index in [2.05, 4.69) is 0 Å². The summed E-state index contributed by atoms with van der Waals surface area (Å²) in [6, 6.07) is 0. The Bertz CT molecular complexity index is 43.4. The largest absolute Gasteiger partial charge is 3.00 e. The first-order valence-corrected chi connectivity index (χ1v) is 1.10. The van der Waals surface area contributed by atoms with Crippen LogP contribution < -0.4 is 0 Å². The van der Waals surface area contributed by atoms with Crippen molar-refractivity contribution in [1.82, 2.24) is 0 Å². The van der Waals surface area contributed by atoms with Gasteiger partial charge in [0, 0.05) is 29.8 Å². The van der Waals surface area contributed by atoms with E-state index >= 15 is 0 Å². The van der Waals surface area contributed by atoms with Crippen molar-refractivity contribution >= 4 is 0 Å². The van der Waals surface area contributed by atoms with Gasteiger partial charge >= 0.3 is 68.3 Å². The molecule has 0 aromatic carbocycles. The van der Waals surface area contributed by atoms with Crippen LogP contribution in [0.25, 0.3) is 0 Å². The molecule has 16 nitrogen and oxygen atoms in total. The van der Waals surface area contributed by atoms with Gasteiger partial charge in [0.15, 0.2) is 0 Å². The Morgan fingerprint density at radius 3 is 0.321 bits per heavy atom. The summed E-state index contributed by atoms with van der Waals surface area (Å²) >= 11 is 0. The van der Waals surface area contributed by atoms with Crippen molar-refractivity contribution in [2.75, 3.05) is 0 Å². The van der Waals surface area contributed by atoms with Crippen LogP contribution in [0.2, 0.25) is 0 Å². The smallest absolute Gasteiger partial charge is 0.870 e. The maximum atomic E-state index is 7.00. The number of rotatable bonds is 0. The Hall–Kier alpha value is 0.478. The number of hydrogen-bond donors (Lipinski definition) is 6. The molecule has 0 unspecified atom stereocenters. The Morgan fingerprint density at radius 2 is 0.321 bits per heavy atom. The molecule has 196 valence electrons. The third kappa shape index (κ3) is 75200. The standard InChI is InChI=1S/8CH4.4Fe.3H2O2.3O2.4H2O/c;;;;;;;;;;;;6*1-2;;;;/h8*1H4;;;;;3*1-2H;;;;4*1H2/q;;;;;;;;2*+2;2*+3;;;;;;;;;;/p-2. The van der Waals surface area contributed by atoms with Crippen molar-refractivity contribution < 1.29 is 122 Å². The number of hydrogen-bond acceptors (Lipinski definition) is 14. The Labute approximate surface area is 210 Å². The van der Waals surface area contributed by atoms with E-state index in [9.17, 15) is 0 Å². The SMILES string of the molecule is C.C.C.C.C.C.C.C.O.O.O=O.O=O.O=O.OO.OO.OO.[Fe+2].[Fe+2].[Fe+3].[Fe+3].[OH-].[OH-]. The van der Waals surface area contributed by atoms with E-state index in [1.807, 2.05) is 0 Å². The summed E-state index contributed by atoms with van der Waals surface area (Å²) in [7, 11) is 0. The minimum atomic E-state index is 0. The minimum absolute atomic E-state index is 0. The Balaban J connectivity index is -0.000000000692. The van der Waals surface area contributed by atoms with Gasteiger partial charge < -0.3 is 21.9 Å². The quantitative estimate of drug-likeness (QED) is 0.129. The second-order valence-electron chi connectivity index (χ2n) is 0. The fourth-order valence-electron chi connectivity index (χ4n) is 0. The van der Waals surface area contributed by atoms with E-state index in [1.165, 1.54) is 0 Å². The molecule has 0 atom stereocenters. The van der Waals surface area contributed by atoms with Gasteiger partial charge in [-0.25, -0.2) is 0 Å². The molecule has 0 aliphatic heterocycles. The molecule has 0 heterocycles. The molecule has 0 saturated heterocycles. The summed E-state index contributed by atoms with van der Waals surface area (Å²) < 4.78 is 0. The van der Waals surface area contributed by atoms with Crippen molar-refractivity contribution in [2.24, 2.45) is 0 Å². The van der Waals surface area contributed by atoms with Crippen molar-refractivity contribution in [3.63, 3.8) is 0 Å². The average molecular weight is 620 g/mol. The van der Waals surface area contributed by atoms with Crippen LogP contribution in [0.4, 0.5) is 0 Å². The summed E-state index contributed by atoms with van der Waals surface area (Å²) in [5, 5.41) is 36.0. The molecule has 0 fully saturated rings. The third-order valence-corrected chi connectivity index (χ3v) is 0. The fourth-order valence-corrected chi connectivity index (χ4v) is 0. The summed E-state index contributed by atoms with van der Waals surface area (Å²) in [4.78, 5) is 42.0. The third-order valence-electron chi connectivity index (χ3n) is 0. The van der Waals surface area contributed by atoms with Gasteiger partial charge in [-0.15, -0.1) is 0 Å². The van der Waals surface area contributed by atoms with Crippen molar-refractivity contribution in [1.29, 1.82) is 0 Å². The van der Waals surface area contributed by atoms with Crippen molar-refractivity contribution in [3.05, 3.63) is 29.8 Å². The van der Waals surface area contributed by atoms with Crippen LogP contribution in [-0.4, -0.2) is 53.4 Å².